The highest BCUT2D eigenvalue weighted by atomic mass is 16.2. The van der Waals surface area contributed by atoms with Gasteiger partial charge in [0.05, 0.1) is 0 Å². The normalized spacial score (nSPS) is 25.9. The van der Waals surface area contributed by atoms with Crippen LogP contribution in [0.15, 0.2) is 30.5 Å². The molecule has 2 heterocycles. The predicted octanol–water partition coefficient (Wildman–Crippen LogP) is 2.49. The number of aromatic nitrogens is 3. The molecule has 2 atom stereocenters. The summed E-state index contributed by atoms with van der Waals surface area (Å²) < 4.78 is 0. The van der Waals surface area contributed by atoms with Gasteiger partial charge < -0.3 is 10.6 Å². The number of hydrogen-bond acceptors (Lipinski definition) is 5. The lowest BCUT2D eigenvalue weighted by Crippen LogP contribution is -2.55. The minimum absolute atomic E-state index is 0.144. The molecular formula is C21H25N5O2. The average molecular weight is 379 g/mol. The molecule has 146 valence electrons. The van der Waals surface area contributed by atoms with Crippen molar-refractivity contribution in [2.45, 2.75) is 63.5 Å². The third-order valence-electron chi connectivity index (χ3n) is 5.95. The number of carbonyl (C=O) groups is 2. The fourth-order valence-corrected chi connectivity index (χ4v) is 4.66. The lowest BCUT2D eigenvalue weighted by atomic mass is 9.78. The predicted molar refractivity (Wildman–Crippen MR) is 104 cm³/mol. The van der Waals surface area contributed by atoms with E-state index in [1.807, 2.05) is 26.0 Å². The number of hydrogen-bond donors (Lipinski definition) is 2. The van der Waals surface area contributed by atoms with E-state index in [1.165, 1.54) is 0 Å². The minimum Gasteiger partial charge on any atom is -0.345 e. The number of amides is 2. The Morgan fingerprint density at radius 3 is 2.25 bits per heavy atom. The van der Waals surface area contributed by atoms with Crippen LogP contribution in [-0.2, 0) is 0 Å². The Morgan fingerprint density at radius 1 is 0.893 bits per heavy atom. The van der Waals surface area contributed by atoms with Crippen LogP contribution in [0, 0.1) is 13.8 Å². The van der Waals surface area contributed by atoms with Crippen LogP contribution in [0.25, 0.3) is 0 Å². The smallest absolute Gasteiger partial charge is 0.289 e. The van der Waals surface area contributed by atoms with E-state index < -0.39 is 0 Å². The molecule has 0 aromatic carbocycles. The van der Waals surface area contributed by atoms with Gasteiger partial charge in [0.25, 0.3) is 11.8 Å². The third-order valence-corrected chi connectivity index (χ3v) is 5.95. The largest absolute Gasteiger partial charge is 0.345 e. The van der Waals surface area contributed by atoms with Gasteiger partial charge in [0.1, 0.15) is 5.69 Å². The molecule has 4 rings (SSSR count). The van der Waals surface area contributed by atoms with Crippen LogP contribution in [-0.4, -0.2) is 37.8 Å². The number of nitrogens with zero attached hydrogens (tertiary/aromatic N) is 3. The van der Waals surface area contributed by atoms with E-state index >= 15 is 0 Å². The Balaban J connectivity index is 1.48. The van der Waals surface area contributed by atoms with E-state index in [0.717, 1.165) is 49.9 Å². The zero-order valence-electron chi connectivity index (χ0n) is 16.3. The van der Waals surface area contributed by atoms with Crippen LogP contribution in [0.3, 0.4) is 0 Å². The average Bonchev–Trinajstić information content (AvgIpc) is 2.91. The molecule has 2 saturated carbocycles. The van der Waals surface area contributed by atoms with E-state index in [9.17, 15) is 9.59 Å². The SMILES string of the molecule is Cc1cccc(C(=O)NC23CCCC(NC(=O)c4nccc(C)n4)(CC2)C3)n1. The zero-order valence-corrected chi connectivity index (χ0v) is 16.3. The molecule has 0 spiro atoms. The highest BCUT2D eigenvalue weighted by Gasteiger charge is 2.52. The van der Waals surface area contributed by atoms with Crippen molar-refractivity contribution in [1.82, 2.24) is 25.6 Å². The maximum atomic E-state index is 12.8. The summed E-state index contributed by atoms with van der Waals surface area (Å²) in [6.07, 6.45) is 6.80. The summed E-state index contributed by atoms with van der Waals surface area (Å²) in [6.45, 7) is 3.71. The summed E-state index contributed by atoms with van der Waals surface area (Å²) in [6, 6.07) is 7.22. The van der Waals surface area contributed by atoms with E-state index in [-0.39, 0.29) is 28.7 Å². The molecule has 2 unspecified atom stereocenters. The van der Waals surface area contributed by atoms with E-state index in [4.69, 9.17) is 0 Å². The lowest BCUT2D eigenvalue weighted by molar-refractivity contribution is 0.0823. The Hall–Kier alpha value is -2.83. The molecule has 2 amide bonds. The van der Waals surface area contributed by atoms with Crippen molar-refractivity contribution in [1.29, 1.82) is 0 Å². The van der Waals surface area contributed by atoms with E-state index in [2.05, 4.69) is 25.6 Å². The number of pyridine rings is 1. The standard InChI is InChI=1S/C21H25N5O2/c1-14-5-3-6-16(23-14)18(27)25-20-8-4-9-21(13-20,11-10-20)26-19(28)17-22-12-7-15(2)24-17/h3,5-7,12H,4,8-11,13H2,1-2H3,(H,25,27)(H,26,28). The molecule has 2 aromatic rings. The Bertz CT molecular complexity index is 857. The van der Waals surface area contributed by atoms with Gasteiger partial charge in [0, 0.05) is 28.7 Å². The molecule has 2 N–H and O–H groups in total. The summed E-state index contributed by atoms with van der Waals surface area (Å²) in [4.78, 5) is 38.1. The lowest BCUT2D eigenvalue weighted by Gasteiger charge is -2.40. The van der Waals surface area contributed by atoms with Crippen LogP contribution in [0.4, 0.5) is 0 Å². The van der Waals surface area contributed by atoms with Crippen LogP contribution >= 0.6 is 0 Å². The second-order valence-corrected chi connectivity index (χ2v) is 8.19. The molecule has 2 aliphatic carbocycles. The van der Waals surface area contributed by atoms with Crippen molar-refractivity contribution in [3.8, 4) is 0 Å². The third kappa shape index (κ3) is 3.61. The number of nitrogens with one attached hydrogen (secondary N) is 2. The van der Waals surface area contributed by atoms with Gasteiger partial charge in [-0.3, -0.25) is 9.59 Å². The maximum Gasteiger partial charge on any atom is 0.289 e. The summed E-state index contributed by atoms with van der Waals surface area (Å²) in [7, 11) is 0. The monoisotopic (exact) mass is 379 g/mol. The van der Waals surface area contributed by atoms with Gasteiger partial charge in [0.2, 0.25) is 5.82 Å². The summed E-state index contributed by atoms with van der Waals surface area (Å²) in [5.41, 5.74) is 1.42. The first-order chi connectivity index (χ1) is 13.4. The van der Waals surface area contributed by atoms with Gasteiger partial charge in [-0.2, -0.15) is 0 Å². The summed E-state index contributed by atoms with van der Waals surface area (Å²) in [5, 5.41) is 6.41. The van der Waals surface area contributed by atoms with Crippen LogP contribution in [0.1, 0.15) is 71.0 Å². The molecular weight excluding hydrogens is 354 g/mol. The minimum atomic E-state index is -0.310. The van der Waals surface area contributed by atoms with Gasteiger partial charge in [-0.1, -0.05) is 6.07 Å². The maximum absolute atomic E-state index is 12.8. The fraction of sp³-hybridized carbons (Fsp3) is 0.476. The Morgan fingerprint density at radius 2 is 1.57 bits per heavy atom. The molecule has 0 saturated heterocycles. The van der Waals surface area contributed by atoms with E-state index in [0.29, 0.717) is 5.69 Å². The van der Waals surface area contributed by atoms with Gasteiger partial charge in [-0.05, 0) is 70.6 Å². The molecule has 2 fully saturated rings. The molecule has 2 bridgehead atoms. The zero-order chi connectivity index (χ0) is 19.8. The van der Waals surface area contributed by atoms with Crippen molar-refractivity contribution >= 4 is 11.8 Å². The van der Waals surface area contributed by atoms with Crippen molar-refractivity contribution < 1.29 is 9.59 Å². The summed E-state index contributed by atoms with van der Waals surface area (Å²) >= 11 is 0. The first kappa shape index (κ1) is 18.5. The highest BCUT2D eigenvalue weighted by molar-refractivity contribution is 5.93. The fourth-order valence-electron chi connectivity index (χ4n) is 4.66. The Labute approximate surface area is 164 Å². The Kier molecular flexibility index (Phi) is 4.61. The number of fused-ring (bicyclic) bond motifs is 2. The number of aryl methyl sites for hydroxylation is 2. The van der Waals surface area contributed by atoms with Crippen molar-refractivity contribution in [2.24, 2.45) is 0 Å². The molecule has 2 aromatic heterocycles. The van der Waals surface area contributed by atoms with Crippen LogP contribution in [0.5, 0.6) is 0 Å². The molecule has 0 aliphatic heterocycles. The van der Waals surface area contributed by atoms with Crippen LogP contribution in [0.2, 0.25) is 0 Å². The topological polar surface area (TPSA) is 96.9 Å². The molecule has 0 radical (unpaired) electrons. The first-order valence-electron chi connectivity index (χ1n) is 9.77. The van der Waals surface area contributed by atoms with Gasteiger partial charge in [-0.25, -0.2) is 15.0 Å². The van der Waals surface area contributed by atoms with Gasteiger partial charge >= 0.3 is 0 Å². The second kappa shape index (κ2) is 6.96. The molecule has 2 aliphatic rings. The number of carbonyl (C=O) groups excluding carboxylic acids is 2. The quantitative estimate of drug-likeness (QED) is 0.851. The first-order valence-corrected chi connectivity index (χ1v) is 9.77. The van der Waals surface area contributed by atoms with Crippen molar-refractivity contribution in [2.75, 3.05) is 0 Å². The number of rotatable bonds is 4. The van der Waals surface area contributed by atoms with E-state index in [1.54, 1.807) is 18.3 Å². The second-order valence-electron chi connectivity index (χ2n) is 8.19. The van der Waals surface area contributed by atoms with Crippen molar-refractivity contribution in [3.05, 3.63) is 53.4 Å². The highest BCUT2D eigenvalue weighted by Crippen LogP contribution is 2.48. The van der Waals surface area contributed by atoms with Gasteiger partial charge in [-0.15, -0.1) is 0 Å². The molecule has 7 heteroatoms. The van der Waals surface area contributed by atoms with Crippen molar-refractivity contribution in [3.63, 3.8) is 0 Å². The molecule has 28 heavy (non-hydrogen) atoms. The van der Waals surface area contributed by atoms with Crippen LogP contribution < -0.4 is 10.6 Å². The van der Waals surface area contributed by atoms with Gasteiger partial charge in [0.15, 0.2) is 0 Å². The molecule has 7 nitrogen and oxygen atoms in total. The summed E-state index contributed by atoms with van der Waals surface area (Å²) in [5.74, 6) is -0.187.